The number of aliphatic carboxylic acids is 1. The van der Waals surface area contributed by atoms with Gasteiger partial charge in [0.25, 0.3) is 0 Å². The van der Waals surface area contributed by atoms with E-state index in [1.54, 1.807) is 0 Å². The zero-order valence-electron chi connectivity index (χ0n) is 11.9. The Morgan fingerprint density at radius 2 is 1.74 bits per heavy atom. The third-order valence-electron chi connectivity index (χ3n) is 2.77. The normalized spacial score (nSPS) is 12.5. The number of furan rings is 2. The third-order valence-corrected chi connectivity index (χ3v) is 2.77. The number of fused-ring (bicyclic) bond motifs is 2. The van der Waals surface area contributed by atoms with Gasteiger partial charge in [0.2, 0.25) is 5.88 Å². The molecule has 0 aromatic carbocycles. The zero-order chi connectivity index (χ0) is 17.0. The summed E-state index contributed by atoms with van der Waals surface area (Å²) >= 11 is 0. The van der Waals surface area contributed by atoms with Gasteiger partial charge >= 0.3 is 12.1 Å². The number of aromatic nitrogens is 1. The molecule has 3 aromatic heterocycles. The molecule has 3 heterocycles. The number of carboxylic acids is 1. The van der Waals surface area contributed by atoms with Gasteiger partial charge in [-0.1, -0.05) is 0 Å². The van der Waals surface area contributed by atoms with E-state index in [0.717, 1.165) is 23.3 Å². The number of benzene rings is 1. The standard InChI is InChI=1S/C9H8F3NO3.C6H4O/c1-5(8(14)15)16-7-3-2-6(4-13-7)9(10,11)12;1-2-6-4-3-5(1)7-6/h2-5H,1H3,(H,14,15);1-4H. The van der Waals surface area contributed by atoms with E-state index in [4.69, 9.17) is 14.3 Å². The summed E-state index contributed by atoms with van der Waals surface area (Å²) in [6, 6.07) is 9.56. The minimum Gasteiger partial charge on any atom is -0.479 e. The van der Waals surface area contributed by atoms with Crippen molar-refractivity contribution in [1.29, 1.82) is 0 Å². The van der Waals surface area contributed by atoms with Crippen LogP contribution in [0.3, 0.4) is 0 Å². The highest BCUT2D eigenvalue weighted by atomic mass is 19.4. The topological polar surface area (TPSA) is 72.6 Å². The fourth-order valence-electron chi connectivity index (χ4n) is 1.56. The first-order valence-electron chi connectivity index (χ1n) is 6.46. The number of halogens is 3. The Kier molecular flexibility index (Phi) is 4.73. The highest BCUT2D eigenvalue weighted by molar-refractivity contribution is 5.72. The van der Waals surface area contributed by atoms with E-state index in [2.05, 4.69) is 4.98 Å². The number of pyridine rings is 1. The fraction of sp³-hybridized carbons (Fsp3) is 0.200. The largest absolute Gasteiger partial charge is 0.479 e. The summed E-state index contributed by atoms with van der Waals surface area (Å²) < 4.78 is 46.3. The molecule has 1 N–H and O–H groups in total. The van der Waals surface area contributed by atoms with Crippen molar-refractivity contribution in [1.82, 2.24) is 4.98 Å². The van der Waals surface area contributed by atoms with Crippen LogP contribution < -0.4 is 4.74 Å². The number of nitrogens with zero attached hydrogens (tertiary/aromatic N) is 1. The summed E-state index contributed by atoms with van der Waals surface area (Å²) in [6.45, 7) is 1.25. The fourth-order valence-corrected chi connectivity index (χ4v) is 1.56. The van der Waals surface area contributed by atoms with Crippen LogP contribution in [-0.2, 0) is 11.0 Å². The molecule has 0 saturated carbocycles. The van der Waals surface area contributed by atoms with Gasteiger partial charge in [-0.05, 0) is 37.3 Å². The van der Waals surface area contributed by atoms with Gasteiger partial charge in [0, 0.05) is 12.3 Å². The molecule has 0 amide bonds. The molecule has 0 fully saturated rings. The predicted molar refractivity (Wildman–Crippen MR) is 74.4 cm³/mol. The van der Waals surface area contributed by atoms with E-state index in [1.807, 2.05) is 24.3 Å². The summed E-state index contributed by atoms with van der Waals surface area (Å²) in [4.78, 5) is 13.8. The Morgan fingerprint density at radius 1 is 1.17 bits per heavy atom. The van der Waals surface area contributed by atoms with E-state index in [-0.39, 0.29) is 5.88 Å². The molecule has 122 valence electrons. The Morgan fingerprint density at radius 3 is 2.04 bits per heavy atom. The van der Waals surface area contributed by atoms with Crippen molar-refractivity contribution >= 4 is 17.1 Å². The maximum atomic E-state index is 12.1. The number of hydrogen-bond donors (Lipinski definition) is 1. The highest BCUT2D eigenvalue weighted by Gasteiger charge is 2.30. The van der Waals surface area contributed by atoms with E-state index >= 15 is 0 Å². The Bertz CT molecular complexity index is 706. The van der Waals surface area contributed by atoms with Crippen LogP contribution in [0.2, 0.25) is 0 Å². The quantitative estimate of drug-likeness (QED) is 0.791. The van der Waals surface area contributed by atoms with Gasteiger partial charge < -0.3 is 14.3 Å². The van der Waals surface area contributed by atoms with Crippen molar-refractivity contribution in [2.45, 2.75) is 19.2 Å². The molecule has 0 saturated heterocycles. The van der Waals surface area contributed by atoms with Gasteiger partial charge in [-0.25, -0.2) is 9.78 Å². The van der Waals surface area contributed by atoms with Gasteiger partial charge in [-0.2, -0.15) is 13.2 Å². The molecule has 0 aliphatic heterocycles. The second-order valence-corrected chi connectivity index (χ2v) is 4.55. The Balaban J connectivity index is 0.000000223. The summed E-state index contributed by atoms with van der Waals surface area (Å²) in [5.74, 6) is -1.38. The maximum Gasteiger partial charge on any atom is 0.417 e. The molecule has 5 nitrogen and oxygen atoms in total. The van der Waals surface area contributed by atoms with Crippen LogP contribution in [0, 0.1) is 0 Å². The first-order chi connectivity index (χ1) is 10.8. The van der Waals surface area contributed by atoms with Crippen molar-refractivity contribution < 1.29 is 32.2 Å². The molecule has 0 aliphatic carbocycles. The number of ether oxygens (including phenoxy) is 1. The SMILES string of the molecule is CC(Oc1ccc(C(F)(F)F)cn1)C(=O)O.c1cc2ccc1o2. The molecular weight excluding hydrogens is 315 g/mol. The van der Waals surface area contributed by atoms with Crippen molar-refractivity contribution in [3.05, 3.63) is 48.2 Å². The summed E-state index contributed by atoms with van der Waals surface area (Å²) in [7, 11) is 0. The van der Waals surface area contributed by atoms with Gasteiger partial charge in [-0.15, -0.1) is 0 Å². The van der Waals surface area contributed by atoms with Crippen LogP contribution in [0.1, 0.15) is 12.5 Å². The monoisotopic (exact) mass is 327 g/mol. The molecule has 0 radical (unpaired) electrons. The number of carbonyl (C=O) groups is 1. The molecule has 0 spiro atoms. The molecule has 3 rings (SSSR count). The number of hydrogen-bond acceptors (Lipinski definition) is 4. The molecular formula is C15H12F3NO4. The van der Waals surface area contributed by atoms with Crippen molar-refractivity contribution in [3.63, 3.8) is 0 Å². The van der Waals surface area contributed by atoms with E-state index in [9.17, 15) is 18.0 Å². The molecule has 1 unspecified atom stereocenters. The first kappa shape index (κ1) is 16.6. The van der Waals surface area contributed by atoms with Crippen LogP contribution in [0.5, 0.6) is 5.88 Å². The number of carboxylic acid groups (broad SMARTS) is 1. The first-order valence-corrected chi connectivity index (χ1v) is 6.46. The van der Waals surface area contributed by atoms with E-state index in [0.29, 0.717) is 6.20 Å². The molecule has 2 bridgehead atoms. The molecule has 23 heavy (non-hydrogen) atoms. The minimum atomic E-state index is -4.47. The van der Waals surface area contributed by atoms with Crippen LogP contribution in [0.4, 0.5) is 13.2 Å². The molecule has 0 aliphatic rings. The summed E-state index contributed by atoms with van der Waals surface area (Å²) in [6.07, 6.45) is -5.04. The maximum absolute atomic E-state index is 12.1. The number of alkyl halides is 3. The van der Waals surface area contributed by atoms with Gasteiger partial charge in [0.1, 0.15) is 11.2 Å². The van der Waals surface area contributed by atoms with Crippen molar-refractivity contribution in [2.24, 2.45) is 0 Å². The number of rotatable bonds is 3. The van der Waals surface area contributed by atoms with Crippen LogP contribution in [0.15, 0.2) is 47.0 Å². The lowest BCUT2D eigenvalue weighted by Crippen LogP contribution is -2.23. The van der Waals surface area contributed by atoms with Gasteiger partial charge in [0.05, 0.1) is 5.56 Å². The predicted octanol–water partition coefficient (Wildman–Crippen LogP) is 3.82. The molecule has 8 heteroatoms. The second-order valence-electron chi connectivity index (χ2n) is 4.55. The minimum absolute atomic E-state index is 0.164. The van der Waals surface area contributed by atoms with Gasteiger partial charge in [-0.3, -0.25) is 0 Å². The zero-order valence-corrected chi connectivity index (χ0v) is 11.9. The van der Waals surface area contributed by atoms with E-state index < -0.39 is 23.8 Å². The van der Waals surface area contributed by atoms with Crippen molar-refractivity contribution in [3.8, 4) is 5.88 Å². The van der Waals surface area contributed by atoms with Crippen LogP contribution in [-0.4, -0.2) is 22.2 Å². The average Bonchev–Trinajstić information content (AvgIpc) is 3.12. The van der Waals surface area contributed by atoms with Gasteiger partial charge in [0.15, 0.2) is 6.10 Å². The van der Waals surface area contributed by atoms with Crippen LogP contribution in [0.25, 0.3) is 11.2 Å². The summed E-state index contributed by atoms with van der Waals surface area (Å²) in [5.41, 5.74) is 1.02. The lowest BCUT2D eigenvalue weighted by atomic mass is 10.3. The van der Waals surface area contributed by atoms with Crippen molar-refractivity contribution in [2.75, 3.05) is 0 Å². The molecule has 1 atom stereocenters. The second kappa shape index (κ2) is 6.55. The Labute approximate surface area is 128 Å². The van der Waals surface area contributed by atoms with E-state index in [1.165, 1.54) is 6.92 Å². The highest BCUT2D eigenvalue weighted by Crippen LogP contribution is 2.29. The summed E-state index contributed by atoms with van der Waals surface area (Å²) in [5, 5.41) is 8.49. The lowest BCUT2D eigenvalue weighted by Gasteiger charge is -2.10. The third kappa shape index (κ3) is 4.60. The smallest absolute Gasteiger partial charge is 0.417 e. The van der Waals surface area contributed by atoms with Crippen LogP contribution >= 0.6 is 0 Å². The lowest BCUT2D eigenvalue weighted by molar-refractivity contribution is -0.144. The Hall–Kier alpha value is -2.77. The average molecular weight is 327 g/mol. The molecule has 3 aromatic rings.